The van der Waals surface area contributed by atoms with Crippen LogP contribution in [0.3, 0.4) is 0 Å². The number of carbonyl (C=O) groups excluding carboxylic acids is 1. The minimum atomic E-state index is -0.155. The average molecular weight is 461 g/mol. The molecule has 6 nitrogen and oxygen atoms in total. The molecule has 0 amide bonds. The molecule has 0 saturated carbocycles. The fourth-order valence-electron chi connectivity index (χ4n) is 4.50. The highest BCUT2D eigenvalue weighted by molar-refractivity contribution is 7.21. The van der Waals surface area contributed by atoms with Crippen molar-refractivity contribution < 1.29 is 19.0 Å². The van der Waals surface area contributed by atoms with Crippen LogP contribution in [0.25, 0.3) is 21.3 Å². The van der Waals surface area contributed by atoms with Crippen LogP contribution in [0.2, 0.25) is 0 Å². The zero-order valence-corrected chi connectivity index (χ0v) is 19.5. The predicted molar refractivity (Wildman–Crippen MR) is 131 cm³/mol. The van der Waals surface area contributed by atoms with Gasteiger partial charge in [-0.15, -0.1) is 11.3 Å². The number of ketones is 1. The van der Waals surface area contributed by atoms with Crippen LogP contribution in [0.5, 0.6) is 17.2 Å². The molecule has 168 valence electrons. The molecule has 0 unspecified atom stereocenters. The number of fused-ring (bicyclic) bond motifs is 2. The molecule has 0 spiro atoms. The number of carbonyl (C=O) groups is 1. The van der Waals surface area contributed by atoms with Gasteiger partial charge in [-0.3, -0.25) is 4.79 Å². The molecule has 0 fully saturated rings. The molecule has 1 aliphatic rings. The summed E-state index contributed by atoms with van der Waals surface area (Å²) in [7, 11) is 4.77. The van der Waals surface area contributed by atoms with E-state index in [2.05, 4.69) is 0 Å². The standard InChI is InChI=1S/C26H24N2O4S/c1-30-16-10-7-14(8-11-16)21-17-5-4-6-18(17)28-26-22(21)23(27)25(33-26)24(29)15-9-12-19(31-2)20(13-15)32-3/h7-13H,4-6,27H2,1-3H3. The van der Waals surface area contributed by atoms with Gasteiger partial charge in [-0.1, -0.05) is 12.1 Å². The van der Waals surface area contributed by atoms with E-state index in [1.54, 1.807) is 39.5 Å². The largest absolute Gasteiger partial charge is 0.497 e. The van der Waals surface area contributed by atoms with E-state index in [4.69, 9.17) is 24.9 Å². The van der Waals surface area contributed by atoms with Gasteiger partial charge in [0.15, 0.2) is 11.5 Å². The van der Waals surface area contributed by atoms with E-state index in [9.17, 15) is 4.79 Å². The number of pyridine rings is 1. The highest BCUT2D eigenvalue weighted by atomic mass is 32.1. The van der Waals surface area contributed by atoms with Gasteiger partial charge in [-0.2, -0.15) is 0 Å². The van der Waals surface area contributed by atoms with E-state index in [-0.39, 0.29) is 5.78 Å². The van der Waals surface area contributed by atoms with Crippen molar-refractivity contribution in [3.8, 4) is 28.4 Å². The molecule has 2 aromatic carbocycles. The zero-order chi connectivity index (χ0) is 23.1. The fraction of sp³-hybridized carbons (Fsp3) is 0.231. The van der Waals surface area contributed by atoms with Crippen molar-refractivity contribution in [2.45, 2.75) is 19.3 Å². The third-order valence-electron chi connectivity index (χ3n) is 6.13. The first-order valence-corrected chi connectivity index (χ1v) is 11.5. The van der Waals surface area contributed by atoms with Gasteiger partial charge in [-0.25, -0.2) is 4.98 Å². The van der Waals surface area contributed by atoms with Crippen LogP contribution in [0.1, 0.15) is 32.9 Å². The number of methoxy groups -OCH3 is 3. The summed E-state index contributed by atoms with van der Waals surface area (Å²) < 4.78 is 16.0. The Kier molecular flexibility index (Phi) is 5.42. The molecule has 2 N–H and O–H groups in total. The Morgan fingerprint density at radius 1 is 0.970 bits per heavy atom. The van der Waals surface area contributed by atoms with Crippen LogP contribution in [0.15, 0.2) is 42.5 Å². The van der Waals surface area contributed by atoms with Crippen LogP contribution in [-0.2, 0) is 12.8 Å². The molecule has 0 aliphatic heterocycles. The van der Waals surface area contributed by atoms with Crippen LogP contribution in [0, 0.1) is 0 Å². The first-order chi connectivity index (χ1) is 16.0. The lowest BCUT2D eigenvalue weighted by Crippen LogP contribution is -2.03. The number of hydrogen-bond acceptors (Lipinski definition) is 7. The van der Waals surface area contributed by atoms with Crippen molar-refractivity contribution in [3.63, 3.8) is 0 Å². The maximum absolute atomic E-state index is 13.5. The number of ether oxygens (including phenoxy) is 3. The van der Waals surface area contributed by atoms with Crippen LogP contribution in [0.4, 0.5) is 5.69 Å². The monoisotopic (exact) mass is 460 g/mol. The highest BCUT2D eigenvalue weighted by Crippen LogP contribution is 2.45. The van der Waals surface area contributed by atoms with Crippen molar-refractivity contribution >= 4 is 33.0 Å². The number of nitrogens with zero attached hydrogens (tertiary/aromatic N) is 1. The van der Waals surface area contributed by atoms with E-state index in [0.29, 0.717) is 27.6 Å². The minimum Gasteiger partial charge on any atom is -0.497 e. The number of anilines is 1. The lowest BCUT2D eigenvalue weighted by Gasteiger charge is -2.12. The number of rotatable bonds is 6. The zero-order valence-electron chi connectivity index (χ0n) is 18.7. The maximum Gasteiger partial charge on any atom is 0.205 e. The van der Waals surface area contributed by atoms with Crippen molar-refractivity contribution in [2.24, 2.45) is 0 Å². The SMILES string of the molecule is COc1ccc(-c2c3c(nc4sc(C(=O)c5ccc(OC)c(OC)c5)c(N)c24)CCC3)cc1. The summed E-state index contributed by atoms with van der Waals surface area (Å²) in [6.07, 6.45) is 2.96. The van der Waals surface area contributed by atoms with E-state index in [1.165, 1.54) is 16.9 Å². The van der Waals surface area contributed by atoms with Crippen molar-refractivity contribution in [2.75, 3.05) is 27.1 Å². The highest BCUT2D eigenvalue weighted by Gasteiger charge is 2.27. The van der Waals surface area contributed by atoms with Crippen LogP contribution >= 0.6 is 11.3 Å². The predicted octanol–water partition coefficient (Wildman–Crippen LogP) is 5.29. The molecule has 2 aromatic heterocycles. The van der Waals surface area contributed by atoms with Crippen LogP contribution in [-0.4, -0.2) is 32.1 Å². The third-order valence-corrected chi connectivity index (χ3v) is 7.23. The average Bonchev–Trinajstić information content (AvgIpc) is 3.46. The van der Waals surface area contributed by atoms with Gasteiger partial charge in [0, 0.05) is 16.6 Å². The molecule has 1 aliphatic carbocycles. The van der Waals surface area contributed by atoms with Crippen LogP contribution < -0.4 is 19.9 Å². The van der Waals surface area contributed by atoms with Crippen molar-refractivity contribution in [1.82, 2.24) is 4.98 Å². The summed E-state index contributed by atoms with van der Waals surface area (Å²) in [5.41, 5.74) is 12.1. The lowest BCUT2D eigenvalue weighted by atomic mass is 9.95. The minimum absolute atomic E-state index is 0.155. The Labute approximate surface area is 195 Å². The summed E-state index contributed by atoms with van der Waals surface area (Å²) >= 11 is 1.35. The Balaban J connectivity index is 1.69. The molecular weight excluding hydrogens is 436 g/mol. The number of benzene rings is 2. The molecular formula is C26H24N2O4S. The van der Waals surface area contributed by atoms with E-state index < -0.39 is 0 Å². The Morgan fingerprint density at radius 2 is 1.73 bits per heavy atom. The quantitative estimate of drug-likeness (QED) is 0.394. The molecule has 0 saturated heterocycles. The molecule has 0 bridgehead atoms. The second-order valence-electron chi connectivity index (χ2n) is 7.92. The molecule has 33 heavy (non-hydrogen) atoms. The smallest absolute Gasteiger partial charge is 0.205 e. The number of aromatic nitrogens is 1. The fourth-order valence-corrected chi connectivity index (χ4v) is 5.58. The molecule has 4 aromatic rings. The summed E-state index contributed by atoms with van der Waals surface area (Å²) in [6.45, 7) is 0. The van der Waals surface area contributed by atoms with Gasteiger partial charge in [0.2, 0.25) is 5.78 Å². The van der Waals surface area contributed by atoms with Gasteiger partial charge in [0.1, 0.15) is 15.5 Å². The summed E-state index contributed by atoms with van der Waals surface area (Å²) in [4.78, 5) is 19.7. The van der Waals surface area contributed by atoms with Crippen molar-refractivity contribution in [3.05, 3.63) is 64.2 Å². The van der Waals surface area contributed by atoms with Gasteiger partial charge < -0.3 is 19.9 Å². The van der Waals surface area contributed by atoms with Gasteiger partial charge in [0.05, 0.1) is 27.0 Å². The van der Waals surface area contributed by atoms with Gasteiger partial charge in [-0.05, 0) is 66.3 Å². The first-order valence-electron chi connectivity index (χ1n) is 10.7. The molecule has 5 rings (SSSR count). The first kappa shape index (κ1) is 21.3. The second kappa shape index (κ2) is 8.41. The number of hydrogen-bond donors (Lipinski definition) is 1. The van der Waals surface area contributed by atoms with E-state index in [0.717, 1.165) is 52.0 Å². The third kappa shape index (κ3) is 3.49. The van der Waals surface area contributed by atoms with Crippen molar-refractivity contribution in [1.29, 1.82) is 0 Å². The lowest BCUT2D eigenvalue weighted by molar-refractivity contribution is 0.104. The van der Waals surface area contributed by atoms with E-state index >= 15 is 0 Å². The summed E-state index contributed by atoms with van der Waals surface area (Å²) in [5.74, 6) is 1.71. The Hall–Kier alpha value is -3.58. The molecule has 7 heteroatoms. The Morgan fingerprint density at radius 3 is 2.42 bits per heavy atom. The second-order valence-corrected chi connectivity index (χ2v) is 8.92. The van der Waals surface area contributed by atoms with Gasteiger partial charge in [0.25, 0.3) is 0 Å². The Bertz CT molecular complexity index is 1380. The summed E-state index contributed by atoms with van der Waals surface area (Å²) in [5, 5.41) is 0.856. The molecule has 0 atom stereocenters. The molecule has 2 heterocycles. The number of nitrogen functional groups attached to an aromatic ring is 1. The number of thiophene rings is 1. The normalized spacial score (nSPS) is 12.6. The number of nitrogens with two attached hydrogens (primary N) is 1. The van der Waals surface area contributed by atoms with Gasteiger partial charge >= 0.3 is 0 Å². The topological polar surface area (TPSA) is 83.7 Å². The molecule has 0 radical (unpaired) electrons. The summed E-state index contributed by atoms with van der Waals surface area (Å²) in [6, 6.07) is 13.1. The maximum atomic E-state index is 13.5. The number of aryl methyl sites for hydroxylation is 1. The van der Waals surface area contributed by atoms with E-state index in [1.807, 2.05) is 24.3 Å².